The standard InChI is InChI=1S/C32H48FN7O4S/c1-22(2)40(23(3)4)31(41)27-18-25(33)6-7-28(27)44-30-29(34-21-35-36-30)39-15-10-24(20-39)19-38-16-13-32(14-17-38)11-8-26(9-12-32)37-45(5,42)43/h6-7,18,21-24,26,37H,8-17,19-20H2,1-5H3/t24-/m0/s1. The van der Waals surface area contributed by atoms with E-state index >= 15 is 0 Å². The minimum Gasteiger partial charge on any atom is -0.434 e. The Morgan fingerprint density at radius 1 is 1.09 bits per heavy atom. The van der Waals surface area contributed by atoms with Gasteiger partial charge in [-0.1, -0.05) is 0 Å². The first kappa shape index (κ1) is 33.5. The normalized spacial score (nSPS) is 21.2. The second-order valence-corrected chi connectivity index (χ2v) is 15.6. The van der Waals surface area contributed by atoms with Crippen LogP contribution in [0.3, 0.4) is 0 Å². The molecule has 0 bridgehead atoms. The highest BCUT2D eigenvalue weighted by molar-refractivity contribution is 7.88. The van der Waals surface area contributed by atoms with Gasteiger partial charge in [-0.3, -0.25) is 4.79 Å². The number of hydrogen-bond donors (Lipinski definition) is 1. The van der Waals surface area contributed by atoms with Crippen LogP contribution in [0.1, 0.15) is 83.0 Å². The minimum absolute atomic E-state index is 0.0724. The Hall–Kier alpha value is -2.90. The number of hydrogen-bond acceptors (Lipinski definition) is 9. The number of carbonyl (C=O) groups excluding carboxylic acids is 1. The van der Waals surface area contributed by atoms with Crippen molar-refractivity contribution in [1.29, 1.82) is 0 Å². The Morgan fingerprint density at radius 3 is 2.42 bits per heavy atom. The number of anilines is 1. The summed E-state index contributed by atoms with van der Waals surface area (Å²) in [5, 5.41) is 8.18. The molecule has 13 heteroatoms. The summed E-state index contributed by atoms with van der Waals surface area (Å²) in [5.41, 5.74) is 0.477. The molecule has 1 aromatic carbocycles. The number of amides is 1. The number of rotatable bonds is 10. The highest BCUT2D eigenvalue weighted by Crippen LogP contribution is 2.45. The average Bonchev–Trinajstić information content (AvgIpc) is 3.44. The largest absolute Gasteiger partial charge is 0.434 e. The zero-order valence-corrected chi connectivity index (χ0v) is 28.0. The molecular formula is C32H48FN7O4S. The Labute approximate surface area is 267 Å². The predicted octanol–water partition coefficient (Wildman–Crippen LogP) is 4.46. The van der Waals surface area contributed by atoms with E-state index in [1.54, 1.807) is 4.90 Å². The lowest BCUT2D eigenvalue weighted by Gasteiger charge is -2.46. The van der Waals surface area contributed by atoms with Crippen LogP contribution < -0.4 is 14.4 Å². The number of aromatic nitrogens is 3. The molecule has 11 nitrogen and oxygen atoms in total. The molecule has 2 saturated heterocycles. The number of carbonyl (C=O) groups is 1. The fraction of sp³-hybridized carbons (Fsp3) is 0.688. The SMILES string of the molecule is CC(C)N(C(=O)c1cc(F)ccc1Oc1nncnc1N1CC[C@@H](CN2CCC3(CCC(NS(C)(=O)=O)CC3)CC2)C1)C(C)C. The number of piperidine rings is 1. The topological polar surface area (TPSA) is 121 Å². The lowest BCUT2D eigenvalue weighted by molar-refractivity contribution is 0.0551. The third-order valence-electron chi connectivity index (χ3n) is 9.74. The van der Waals surface area contributed by atoms with Crippen LogP contribution in [0.4, 0.5) is 10.2 Å². The molecule has 1 aliphatic carbocycles. The van der Waals surface area contributed by atoms with Gasteiger partial charge in [-0.15, -0.1) is 10.2 Å². The molecular weight excluding hydrogens is 597 g/mol. The van der Waals surface area contributed by atoms with Crippen molar-refractivity contribution in [1.82, 2.24) is 29.7 Å². The third-order valence-corrected chi connectivity index (χ3v) is 10.5. The highest BCUT2D eigenvalue weighted by atomic mass is 32.2. The van der Waals surface area contributed by atoms with Gasteiger partial charge in [-0.05, 0) is 115 Å². The fourth-order valence-corrected chi connectivity index (χ4v) is 8.35. The minimum atomic E-state index is -3.16. The number of likely N-dealkylation sites (tertiary alicyclic amines) is 1. The van der Waals surface area contributed by atoms with Gasteiger partial charge >= 0.3 is 0 Å². The Bertz CT molecular complexity index is 1430. The van der Waals surface area contributed by atoms with Gasteiger partial charge in [-0.2, -0.15) is 0 Å². The van der Waals surface area contributed by atoms with Crippen molar-refractivity contribution in [3.8, 4) is 11.6 Å². The molecule has 5 rings (SSSR count). The lowest BCUT2D eigenvalue weighted by atomic mass is 9.67. The molecule has 1 N–H and O–H groups in total. The Kier molecular flexibility index (Phi) is 10.3. The van der Waals surface area contributed by atoms with E-state index in [4.69, 9.17) is 4.74 Å². The van der Waals surface area contributed by atoms with Crippen molar-refractivity contribution in [3.63, 3.8) is 0 Å². The van der Waals surface area contributed by atoms with E-state index in [-0.39, 0.29) is 41.2 Å². The first-order valence-corrected chi connectivity index (χ1v) is 18.1. The van der Waals surface area contributed by atoms with Crippen LogP contribution in [0.2, 0.25) is 0 Å². The summed E-state index contributed by atoms with van der Waals surface area (Å²) in [4.78, 5) is 24.5. The zero-order valence-electron chi connectivity index (χ0n) is 27.2. The zero-order chi connectivity index (χ0) is 32.4. The summed E-state index contributed by atoms with van der Waals surface area (Å²) < 4.78 is 46.6. The van der Waals surface area contributed by atoms with E-state index in [1.807, 2.05) is 27.7 Å². The maximum Gasteiger partial charge on any atom is 0.282 e. The predicted molar refractivity (Wildman–Crippen MR) is 171 cm³/mol. The van der Waals surface area contributed by atoms with Gasteiger partial charge in [0, 0.05) is 37.8 Å². The first-order valence-electron chi connectivity index (χ1n) is 16.2. The van der Waals surface area contributed by atoms with E-state index in [1.165, 1.54) is 30.8 Å². The molecule has 1 atom stereocenters. The molecule has 1 saturated carbocycles. The summed E-state index contributed by atoms with van der Waals surface area (Å²) in [5.74, 6) is 0.618. The van der Waals surface area contributed by atoms with E-state index in [9.17, 15) is 17.6 Å². The quantitative estimate of drug-likeness (QED) is 0.399. The molecule has 45 heavy (non-hydrogen) atoms. The van der Waals surface area contributed by atoms with Crippen molar-refractivity contribution in [3.05, 3.63) is 35.9 Å². The van der Waals surface area contributed by atoms with Crippen molar-refractivity contribution in [2.24, 2.45) is 11.3 Å². The van der Waals surface area contributed by atoms with Gasteiger partial charge in [0.25, 0.3) is 11.8 Å². The van der Waals surface area contributed by atoms with Crippen molar-refractivity contribution in [2.45, 2.75) is 90.8 Å². The second-order valence-electron chi connectivity index (χ2n) is 13.8. The van der Waals surface area contributed by atoms with Gasteiger partial charge < -0.3 is 19.4 Å². The number of halogens is 1. The van der Waals surface area contributed by atoms with E-state index in [2.05, 4.69) is 29.7 Å². The smallest absolute Gasteiger partial charge is 0.282 e. The van der Waals surface area contributed by atoms with Gasteiger partial charge in [0.1, 0.15) is 17.9 Å². The van der Waals surface area contributed by atoms with Crippen molar-refractivity contribution in [2.75, 3.05) is 43.9 Å². The molecule has 3 heterocycles. The summed E-state index contributed by atoms with van der Waals surface area (Å²) >= 11 is 0. The number of nitrogens with zero attached hydrogens (tertiary/aromatic N) is 6. The van der Waals surface area contributed by atoms with Crippen LogP contribution in [0.15, 0.2) is 24.5 Å². The van der Waals surface area contributed by atoms with Crippen LogP contribution in [-0.4, -0.2) is 96.4 Å². The summed E-state index contributed by atoms with van der Waals surface area (Å²) in [6.07, 6.45) is 9.99. The molecule has 2 aliphatic heterocycles. The number of sulfonamides is 1. The van der Waals surface area contributed by atoms with Gasteiger partial charge in [0.15, 0.2) is 5.82 Å². The summed E-state index contributed by atoms with van der Waals surface area (Å²) in [7, 11) is -3.16. The second kappa shape index (κ2) is 13.8. The van der Waals surface area contributed by atoms with Gasteiger partial charge in [0.05, 0.1) is 11.8 Å². The van der Waals surface area contributed by atoms with Crippen LogP contribution in [0.5, 0.6) is 11.6 Å². The molecule has 1 spiro atoms. The van der Waals surface area contributed by atoms with E-state index < -0.39 is 15.8 Å². The third kappa shape index (κ3) is 8.28. The summed E-state index contributed by atoms with van der Waals surface area (Å²) in [6.45, 7) is 12.5. The molecule has 1 amide bonds. The van der Waals surface area contributed by atoms with Crippen LogP contribution in [-0.2, 0) is 10.0 Å². The van der Waals surface area contributed by atoms with Crippen LogP contribution in [0, 0.1) is 17.2 Å². The van der Waals surface area contributed by atoms with Crippen molar-refractivity contribution < 1.29 is 22.3 Å². The Balaban J connectivity index is 1.19. The van der Waals surface area contributed by atoms with E-state index in [0.29, 0.717) is 17.2 Å². The lowest BCUT2D eigenvalue weighted by Crippen LogP contribution is -2.46. The maximum absolute atomic E-state index is 14.3. The molecule has 3 fully saturated rings. The summed E-state index contributed by atoms with van der Waals surface area (Å²) in [6, 6.07) is 3.87. The number of nitrogens with one attached hydrogen (secondary N) is 1. The monoisotopic (exact) mass is 645 g/mol. The first-order chi connectivity index (χ1) is 21.3. The van der Waals surface area contributed by atoms with Crippen molar-refractivity contribution >= 4 is 21.7 Å². The molecule has 1 aromatic heterocycles. The fourth-order valence-electron chi connectivity index (χ4n) is 7.51. The number of benzene rings is 1. The van der Waals surface area contributed by atoms with Gasteiger partial charge in [-0.25, -0.2) is 22.5 Å². The Morgan fingerprint density at radius 2 is 1.78 bits per heavy atom. The van der Waals surface area contributed by atoms with Crippen LogP contribution in [0.25, 0.3) is 0 Å². The molecule has 0 unspecified atom stereocenters. The number of ether oxygens (including phenoxy) is 1. The van der Waals surface area contributed by atoms with Crippen LogP contribution >= 0.6 is 0 Å². The molecule has 0 radical (unpaired) electrons. The van der Waals surface area contributed by atoms with E-state index in [0.717, 1.165) is 77.7 Å². The van der Waals surface area contributed by atoms with Gasteiger partial charge in [0.2, 0.25) is 10.0 Å². The molecule has 248 valence electrons. The average molecular weight is 646 g/mol. The molecule has 2 aromatic rings. The maximum atomic E-state index is 14.3. The molecule has 3 aliphatic rings. The highest BCUT2D eigenvalue weighted by Gasteiger charge is 2.39.